The topological polar surface area (TPSA) is 9.23 Å². The third-order valence-electron chi connectivity index (χ3n) is 6.78. The van der Waals surface area contributed by atoms with Crippen LogP contribution in [-0.4, -0.2) is 6.61 Å². The Morgan fingerprint density at radius 2 is 1.58 bits per heavy atom. The zero-order valence-corrected chi connectivity index (χ0v) is 16.0. The van der Waals surface area contributed by atoms with Gasteiger partial charge in [-0.3, -0.25) is 0 Å². The molecule has 0 amide bonds. The molecule has 2 aliphatic carbocycles. The first kappa shape index (κ1) is 19.4. The second-order valence-electron chi connectivity index (χ2n) is 8.18. The summed E-state index contributed by atoms with van der Waals surface area (Å²) in [6.07, 6.45) is 12.6. The Bertz CT molecular complexity index is 596. The third kappa shape index (κ3) is 4.29. The molecule has 2 saturated carbocycles. The fraction of sp³-hybridized carbons (Fsp3) is 0.652. The van der Waals surface area contributed by atoms with Crippen molar-refractivity contribution in [2.45, 2.75) is 70.6 Å². The van der Waals surface area contributed by atoms with Crippen molar-refractivity contribution in [2.75, 3.05) is 6.61 Å². The van der Waals surface area contributed by atoms with Crippen molar-refractivity contribution in [3.05, 3.63) is 42.0 Å². The highest BCUT2D eigenvalue weighted by Gasteiger charge is 2.32. The molecule has 0 bridgehead atoms. The van der Waals surface area contributed by atoms with E-state index in [0.29, 0.717) is 5.56 Å². The highest BCUT2D eigenvalue weighted by atomic mass is 19.2. The van der Waals surface area contributed by atoms with Crippen LogP contribution in [0.15, 0.2) is 24.8 Å². The van der Waals surface area contributed by atoms with Gasteiger partial charge < -0.3 is 4.74 Å². The van der Waals surface area contributed by atoms with Gasteiger partial charge in [0.05, 0.1) is 0 Å². The lowest BCUT2D eigenvalue weighted by Crippen LogP contribution is -2.25. The van der Waals surface area contributed by atoms with Gasteiger partial charge in [-0.1, -0.05) is 44.9 Å². The summed E-state index contributed by atoms with van der Waals surface area (Å²) in [6.45, 7) is 6.02. The Morgan fingerprint density at radius 3 is 2.15 bits per heavy atom. The average molecular weight is 363 g/mol. The minimum atomic E-state index is -0.857. The Kier molecular flexibility index (Phi) is 6.72. The number of hydrogen-bond acceptors (Lipinski definition) is 1. The van der Waals surface area contributed by atoms with Crippen LogP contribution in [0.2, 0.25) is 0 Å². The quantitative estimate of drug-likeness (QED) is 0.494. The summed E-state index contributed by atoms with van der Waals surface area (Å²) in [7, 11) is 0. The van der Waals surface area contributed by atoms with Crippen molar-refractivity contribution in [2.24, 2.45) is 17.8 Å². The van der Waals surface area contributed by atoms with Gasteiger partial charge in [0.15, 0.2) is 11.6 Å². The smallest absolute Gasteiger partial charge is 0.200 e. The molecule has 26 heavy (non-hydrogen) atoms. The van der Waals surface area contributed by atoms with Crippen molar-refractivity contribution >= 4 is 0 Å². The zero-order valence-electron chi connectivity index (χ0n) is 16.0. The molecule has 1 aromatic rings. The van der Waals surface area contributed by atoms with Crippen molar-refractivity contribution < 1.29 is 13.5 Å². The van der Waals surface area contributed by atoms with Crippen LogP contribution in [0.25, 0.3) is 0 Å². The van der Waals surface area contributed by atoms with E-state index in [1.807, 2.05) is 0 Å². The molecular weight excluding hydrogens is 330 g/mol. The fourth-order valence-corrected chi connectivity index (χ4v) is 5.09. The summed E-state index contributed by atoms with van der Waals surface area (Å²) in [5.41, 5.74) is 0.529. The van der Waals surface area contributed by atoms with E-state index in [1.54, 1.807) is 12.1 Å². The molecule has 3 rings (SSSR count). The summed E-state index contributed by atoms with van der Waals surface area (Å²) in [5.74, 6) is 1.11. The largest absolute Gasteiger partial charge is 0.486 e. The first-order valence-electron chi connectivity index (χ1n) is 10.4. The van der Waals surface area contributed by atoms with Gasteiger partial charge in [0.25, 0.3) is 0 Å². The molecule has 2 aliphatic rings. The Balaban J connectivity index is 1.58. The molecule has 1 nitrogen and oxygen atoms in total. The third-order valence-corrected chi connectivity index (χ3v) is 6.78. The summed E-state index contributed by atoms with van der Waals surface area (Å²) in [5, 5.41) is 0. The van der Waals surface area contributed by atoms with Gasteiger partial charge in [0, 0.05) is 0 Å². The molecule has 0 radical (unpaired) electrons. The fourth-order valence-electron chi connectivity index (χ4n) is 5.09. The van der Waals surface area contributed by atoms with Gasteiger partial charge in [-0.05, 0) is 73.8 Å². The highest BCUT2D eigenvalue weighted by Crippen LogP contribution is 2.45. The lowest BCUT2D eigenvalue weighted by Gasteiger charge is -2.38. The van der Waals surface area contributed by atoms with E-state index < -0.39 is 11.6 Å². The van der Waals surface area contributed by atoms with E-state index in [9.17, 15) is 8.78 Å². The van der Waals surface area contributed by atoms with Crippen LogP contribution in [0.3, 0.4) is 0 Å². The minimum Gasteiger partial charge on any atom is -0.486 e. The van der Waals surface area contributed by atoms with Crippen LogP contribution >= 0.6 is 0 Å². The summed E-state index contributed by atoms with van der Waals surface area (Å²) >= 11 is 0. The van der Waals surface area contributed by atoms with Crippen molar-refractivity contribution in [3.63, 3.8) is 0 Å². The maximum atomic E-state index is 14.5. The molecular formula is C23H32F2O. The maximum absolute atomic E-state index is 14.5. The van der Waals surface area contributed by atoms with Crippen LogP contribution in [0.4, 0.5) is 8.78 Å². The molecule has 0 unspecified atom stereocenters. The maximum Gasteiger partial charge on any atom is 0.200 e. The van der Waals surface area contributed by atoms with Crippen LogP contribution in [-0.2, 0) is 0 Å². The second-order valence-corrected chi connectivity index (χ2v) is 8.18. The van der Waals surface area contributed by atoms with E-state index in [-0.39, 0.29) is 18.3 Å². The van der Waals surface area contributed by atoms with Crippen LogP contribution in [0, 0.1) is 29.4 Å². The molecule has 3 heteroatoms. The van der Waals surface area contributed by atoms with Gasteiger partial charge in [-0.25, -0.2) is 4.39 Å². The van der Waals surface area contributed by atoms with Gasteiger partial charge >= 0.3 is 0 Å². The van der Waals surface area contributed by atoms with E-state index in [2.05, 4.69) is 13.5 Å². The van der Waals surface area contributed by atoms with E-state index in [1.165, 1.54) is 38.2 Å². The predicted octanol–water partition coefficient (Wildman–Crippen LogP) is 7.02. The first-order chi connectivity index (χ1) is 12.6. The molecule has 0 aliphatic heterocycles. The molecule has 2 fully saturated rings. The lowest BCUT2D eigenvalue weighted by molar-refractivity contribution is 0.158. The first-order valence-corrected chi connectivity index (χ1v) is 10.4. The second kappa shape index (κ2) is 9.01. The van der Waals surface area contributed by atoms with E-state index in [4.69, 9.17) is 4.74 Å². The van der Waals surface area contributed by atoms with Gasteiger partial charge in [-0.2, -0.15) is 4.39 Å². The monoisotopic (exact) mass is 362 g/mol. The highest BCUT2D eigenvalue weighted by molar-refractivity contribution is 5.33. The molecule has 0 heterocycles. The Labute approximate surface area is 156 Å². The van der Waals surface area contributed by atoms with Crippen LogP contribution in [0.5, 0.6) is 5.75 Å². The van der Waals surface area contributed by atoms with Crippen molar-refractivity contribution in [1.29, 1.82) is 0 Å². The summed E-state index contributed by atoms with van der Waals surface area (Å²) < 4.78 is 34.0. The molecule has 0 N–H and O–H groups in total. The number of hydrogen-bond donors (Lipinski definition) is 0. The standard InChI is InChI=1S/C23H32F2O/c1-3-15-26-21-14-13-20(22(24)23(21)25)19-11-9-18(10-12-19)17-7-5-16(4-2)6-8-17/h3,13-14,16-19H,1,4-12,15H2,2H3. The molecule has 1 aromatic carbocycles. The molecule has 0 atom stereocenters. The van der Waals surface area contributed by atoms with Crippen LogP contribution in [0.1, 0.15) is 76.2 Å². The molecule has 0 saturated heterocycles. The summed E-state index contributed by atoms with van der Waals surface area (Å²) in [4.78, 5) is 0. The average Bonchev–Trinajstić information content (AvgIpc) is 2.69. The zero-order chi connectivity index (χ0) is 18.5. The Hall–Kier alpha value is -1.38. The lowest BCUT2D eigenvalue weighted by atomic mass is 9.68. The van der Waals surface area contributed by atoms with Gasteiger partial charge in [0.1, 0.15) is 6.61 Å². The number of ether oxygens (including phenoxy) is 1. The number of halogens is 2. The number of benzene rings is 1. The van der Waals surface area contributed by atoms with Crippen LogP contribution < -0.4 is 4.74 Å². The van der Waals surface area contributed by atoms with Crippen molar-refractivity contribution in [1.82, 2.24) is 0 Å². The van der Waals surface area contributed by atoms with Gasteiger partial charge in [0.2, 0.25) is 5.82 Å². The molecule has 0 aromatic heterocycles. The molecule has 144 valence electrons. The minimum absolute atomic E-state index is 0.0208. The summed E-state index contributed by atoms with van der Waals surface area (Å²) in [6, 6.07) is 3.28. The molecule has 0 spiro atoms. The normalized spacial score (nSPS) is 29.3. The number of rotatable bonds is 6. The SMILES string of the molecule is C=CCOc1ccc(C2CCC(C3CCC(CC)CC3)CC2)c(F)c1F. The predicted molar refractivity (Wildman–Crippen MR) is 102 cm³/mol. The van der Waals surface area contributed by atoms with E-state index >= 15 is 0 Å². The van der Waals surface area contributed by atoms with E-state index in [0.717, 1.165) is 43.4 Å². The van der Waals surface area contributed by atoms with Crippen molar-refractivity contribution in [3.8, 4) is 5.75 Å². The Morgan fingerprint density at radius 1 is 0.962 bits per heavy atom. The van der Waals surface area contributed by atoms with Gasteiger partial charge in [-0.15, -0.1) is 0 Å².